The lowest BCUT2D eigenvalue weighted by Crippen LogP contribution is -2.28. The minimum atomic E-state index is -0.895. The molecular formula is C29H25ClN2O5. The molecule has 0 bridgehead atoms. The zero-order valence-corrected chi connectivity index (χ0v) is 21.2. The fraction of sp³-hybridized carbons (Fsp3) is 0.241. The molecule has 4 aromatic rings. The van der Waals surface area contributed by atoms with Gasteiger partial charge in [0.1, 0.15) is 10.8 Å². The number of carbonyl (C=O) groups excluding carboxylic acids is 2. The highest BCUT2D eigenvalue weighted by Crippen LogP contribution is 2.49. The molecule has 0 saturated heterocycles. The zero-order chi connectivity index (χ0) is 26.0. The van der Waals surface area contributed by atoms with Crippen LogP contribution in [0.25, 0.3) is 10.9 Å². The number of fused-ring (bicyclic) bond motifs is 1. The Morgan fingerprint density at radius 3 is 2.19 bits per heavy atom. The molecule has 0 atom stereocenters. The first kappa shape index (κ1) is 24.7. The molecule has 1 saturated carbocycles. The first-order valence-electron chi connectivity index (χ1n) is 11.9. The molecule has 2 aromatic heterocycles. The number of ketones is 2. The Kier molecular flexibility index (Phi) is 6.80. The van der Waals surface area contributed by atoms with Gasteiger partial charge in [0.05, 0.1) is 25.2 Å². The van der Waals surface area contributed by atoms with Crippen LogP contribution in [0.5, 0.6) is 23.1 Å². The molecule has 0 radical (unpaired) electrons. The molecule has 0 spiro atoms. The van der Waals surface area contributed by atoms with Crippen molar-refractivity contribution >= 4 is 34.1 Å². The van der Waals surface area contributed by atoms with Gasteiger partial charge in [-0.1, -0.05) is 41.9 Å². The Morgan fingerprint density at radius 1 is 0.865 bits per heavy atom. The Hall–Kier alpha value is -3.97. The number of rotatable bonds is 10. The number of Topliss-reactive ketones (excluding diaryl/α,β-unsaturated/α-hetero) is 2. The quantitative estimate of drug-likeness (QED) is 0.246. The van der Waals surface area contributed by atoms with Crippen LogP contribution in [0.15, 0.2) is 67.0 Å². The van der Waals surface area contributed by atoms with E-state index in [1.54, 1.807) is 50.9 Å². The lowest BCUT2D eigenvalue weighted by Gasteiger charge is -2.14. The third-order valence-electron chi connectivity index (χ3n) is 6.67. The van der Waals surface area contributed by atoms with E-state index in [9.17, 15) is 9.59 Å². The van der Waals surface area contributed by atoms with Crippen molar-refractivity contribution in [2.45, 2.75) is 25.7 Å². The third kappa shape index (κ3) is 5.00. The molecule has 2 heterocycles. The van der Waals surface area contributed by atoms with E-state index in [1.807, 2.05) is 30.3 Å². The average Bonchev–Trinajstić information content (AvgIpc) is 3.72. The van der Waals surface area contributed by atoms with Gasteiger partial charge in [-0.3, -0.25) is 14.6 Å². The van der Waals surface area contributed by atoms with E-state index in [0.29, 0.717) is 46.6 Å². The minimum absolute atomic E-state index is 0.0284. The first-order chi connectivity index (χ1) is 17.9. The SMILES string of the molecule is COc1cc2nccc(Oc3ncc(CC(=O)C4(C(=O)Cc5ccccc5)CC4)cc3Cl)c2cc1OC. The van der Waals surface area contributed by atoms with E-state index >= 15 is 0 Å². The molecule has 188 valence electrons. The highest BCUT2D eigenvalue weighted by molar-refractivity contribution is 6.32. The smallest absolute Gasteiger partial charge is 0.238 e. The average molecular weight is 517 g/mol. The molecule has 5 rings (SSSR count). The molecule has 0 unspecified atom stereocenters. The van der Waals surface area contributed by atoms with Crippen LogP contribution in [0.2, 0.25) is 5.02 Å². The molecule has 0 N–H and O–H groups in total. The summed E-state index contributed by atoms with van der Waals surface area (Å²) >= 11 is 6.49. The predicted octanol–water partition coefficient (Wildman–Crippen LogP) is 5.80. The molecule has 8 heteroatoms. The van der Waals surface area contributed by atoms with Crippen LogP contribution in [0.4, 0.5) is 0 Å². The second-order valence-corrected chi connectivity index (χ2v) is 9.44. The van der Waals surface area contributed by atoms with Gasteiger partial charge in [-0.05, 0) is 42.2 Å². The van der Waals surface area contributed by atoms with Gasteiger partial charge in [0.15, 0.2) is 23.1 Å². The van der Waals surface area contributed by atoms with Crippen molar-refractivity contribution in [1.82, 2.24) is 9.97 Å². The summed E-state index contributed by atoms with van der Waals surface area (Å²) in [6, 6.07) is 16.4. The van der Waals surface area contributed by atoms with E-state index < -0.39 is 5.41 Å². The van der Waals surface area contributed by atoms with Gasteiger partial charge in [-0.25, -0.2) is 4.98 Å². The Bertz CT molecular complexity index is 1480. The van der Waals surface area contributed by atoms with Gasteiger partial charge in [0.2, 0.25) is 5.88 Å². The molecule has 0 aliphatic heterocycles. The summed E-state index contributed by atoms with van der Waals surface area (Å²) in [5, 5.41) is 0.959. The van der Waals surface area contributed by atoms with E-state index in [2.05, 4.69) is 9.97 Å². The largest absolute Gasteiger partial charge is 0.493 e. The van der Waals surface area contributed by atoms with Crippen LogP contribution in [0.1, 0.15) is 24.0 Å². The number of methoxy groups -OCH3 is 2. The Labute approximate surface area is 219 Å². The zero-order valence-electron chi connectivity index (χ0n) is 20.5. The van der Waals surface area contributed by atoms with Crippen molar-refractivity contribution < 1.29 is 23.8 Å². The summed E-state index contributed by atoms with van der Waals surface area (Å²) < 4.78 is 16.8. The second-order valence-electron chi connectivity index (χ2n) is 9.03. The van der Waals surface area contributed by atoms with Crippen LogP contribution in [0, 0.1) is 5.41 Å². The van der Waals surface area contributed by atoms with Gasteiger partial charge >= 0.3 is 0 Å². The van der Waals surface area contributed by atoms with E-state index in [-0.39, 0.29) is 35.3 Å². The molecule has 0 amide bonds. The minimum Gasteiger partial charge on any atom is -0.493 e. The van der Waals surface area contributed by atoms with Crippen LogP contribution >= 0.6 is 11.6 Å². The number of hydrogen-bond acceptors (Lipinski definition) is 7. The van der Waals surface area contributed by atoms with Crippen molar-refractivity contribution in [1.29, 1.82) is 0 Å². The van der Waals surface area contributed by atoms with E-state index in [1.165, 1.54) is 0 Å². The highest BCUT2D eigenvalue weighted by Gasteiger charge is 2.54. The van der Waals surface area contributed by atoms with Crippen molar-refractivity contribution in [2.75, 3.05) is 14.2 Å². The molecule has 37 heavy (non-hydrogen) atoms. The maximum absolute atomic E-state index is 13.1. The topological polar surface area (TPSA) is 87.6 Å². The molecule has 2 aromatic carbocycles. The fourth-order valence-electron chi connectivity index (χ4n) is 4.42. The second kappa shape index (κ2) is 10.2. The summed E-state index contributed by atoms with van der Waals surface area (Å²) in [6.07, 6.45) is 4.69. The summed E-state index contributed by atoms with van der Waals surface area (Å²) in [6.45, 7) is 0. The molecular weight excluding hydrogens is 492 g/mol. The number of halogens is 1. The number of hydrogen-bond donors (Lipinski definition) is 0. The first-order valence-corrected chi connectivity index (χ1v) is 12.2. The number of pyridine rings is 2. The van der Waals surface area contributed by atoms with Gasteiger partial charge < -0.3 is 14.2 Å². The normalized spacial score (nSPS) is 13.7. The lowest BCUT2D eigenvalue weighted by atomic mass is 9.88. The lowest BCUT2D eigenvalue weighted by molar-refractivity contribution is -0.133. The van der Waals surface area contributed by atoms with Gasteiger partial charge in [0, 0.05) is 36.7 Å². The van der Waals surface area contributed by atoms with Crippen LogP contribution in [0.3, 0.4) is 0 Å². The summed E-state index contributed by atoms with van der Waals surface area (Å²) in [5.74, 6) is 1.66. The number of benzene rings is 2. The monoisotopic (exact) mass is 516 g/mol. The van der Waals surface area contributed by atoms with Crippen molar-refractivity contribution in [3.05, 3.63) is 83.1 Å². The van der Waals surface area contributed by atoms with Crippen molar-refractivity contribution in [2.24, 2.45) is 5.41 Å². The van der Waals surface area contributed by atoms with E-state index in [0.717, 1.165) is 5.56 Å². The van der Waals surface area contributed by atoms with Crippen LogP contribution in [-0.4, -0.2) is 35.8 Å². The van der Waals surface area contributed by atoms with Gasteiger partial charge in [-0.15, -0.1) is 0 Å². The maximum atomic E-state index is 13.1. The van der Waals surface area contributed by atoms with Crippen molar-refractivity contribution in [3.8, 4) is 23.1 Å². The summed E-state index contributed by atoms with van der Waals surface area (Å²) in [7, 11) is 3.12. The summed E-state index contributed by atoms with van der Waals surface area (Å²) in [5.41, 5.74) is 1.31. The predicted molar refractivity (Wildman–Crippen MR) is 140 cm³/mol. The van der Waals surface area contributed by atoms with E-state index in [4.69, 9.17) is 25.8 Å². The number of nitrogens with zero attached hydrogens (tertiary/aromatic N) is 2. The van der Waals surface area contributed by atoms with Gasteiger partial charge in [-0.2, -0.15) is 0 Å². The standard InChI is InChI=1S/C29H25ClN2O5/c1-35-24-15-20-22(16-25(24)36-2)31-11-8-23(20)37-28-21(30)12-19(17-32-28)14-27(34)29(9-10-29)26(33)13-18-6-4-3-5-7-18/h3-8,11-12,15-17H,9-10,13-14H2,1-2H3. The molecule has 1 fully saturated rings. The van der Waals surface area contributed by atoms with Gasteiger partial charge in [0.25, 0.3) is 0 Å². The van der Waals surface area contributed by atoms with Crippen LogP contribution < -0.4 is 14.2 Å². The maximum Gasteiger partial charge on any atom is 0.238 e. The molecule has 1 aliphatic carbocycles. The number of carbonyl (C=O) groups is 2. The highest BCUT2D eigenvalue weighted by atomic mass is 35.5. The van der Waals surface area contributed by atoms with Crippen LogP contribution in [-0.2, 0) is 22.4 Å². The molecule has 7 nitrogen and oxygen atoms in total. The Balaban J connectivity index is 1.32. The number of ether oxygens (including phenoxy) is 3. The number of aromatic nitrogens is 2. The summed E-state index contributed by atoms with van der Waals surface area (Å²) in [4.78, 5) is 34.8. The molecule has 1 aliphatic rings. The fourth-order valence-corrected chi connectivity index (χ4v) is 4.65. The Morgan fingerprint density at radius 2 is 1.54 bits per heavy atom. The van der Waals surface area contributed by atoms with Crippen molar-refractivity contribution in [3.63, 3.8) is 0 Å². The third-order valence-corrected chi connectivity index (χ3v) is 6.94.